The first kappa shape index (κ1) is 30.6. The van der Waals surface area contributed by atoms with Gasteiger partial charge in [-0.3, -0.25) is 9.59 Å². The molecule has 39 heavy (non-hydrogen) atoms. The van der Waals surface area contributed by atoms with Gasteiger partial charge in [0.25, 0.3) is 0 Å². The number of carbonyl (C=O) groups is 3. The fourth-order valence-corrected chi connectivity index (χ4v) is 5.01. The summed E-state index contributed by atoms with van der Waals surface area (Å²) in [6, 6.07) is 10.6. The van der Waals surface area contributed by atoms with E-state index in [4.69, 9.17) is 4.74 Å². The van der Waals surface area contributed by atoms with E-state index in [1.807, 2.05) is 36.4 Å². The zero-order valence-corrected chi connectivity index (χ0v) is 25.9. The zero-order valence-electron chi connectivity index (χ0n) is 23.5. The van der Waals surface area contributed by atoms with Crippen LogP contribution < -0.4 is 5.32 Å². The van der Waals surface area contributed by atoms with Crippen LogP contribution in [0.3, 0.4) is 0 Å². The number of amides is 1. The maximum atomic E-state index is 13.4. The maximum absolute atomic E-state index is 13.4. The minimum atomic E-state index is -0.847. The molecule has 0 saturated carbocycles. The van der Waals surface area contributed by atoms with Crippen molar-refractivity contribution in [2.24, 2.45) is 5.92 Å². The Labute approximate surface area is 242 Å². The lowest BCUT2D eigenvalue weighted by Gasteiger charge is -2.24. The Kier molecular flexibility index (Phi) is 9.83. The van der Waals surface area contributed by atoms with E-state index in [0.29, 0.717) is 17.1 Å². The van der Waals surface area contributed by atoms with Gasteiger partial charge in [0.2, 0.25) is 5.91 Å². The molecule has 0 fully saturated rings. The van der Waals surface area contributed by atoms with Gasteiger partial charge in [-0.05, 0) is 73.2 Å². The van der Waals surface area contributed by atoms with E-state index >= 15 is 0 Å². The van der Waals surface area contributed by atoms with Gasteiger partial charge >= 0.3 is 5.97 Å². The monoisotopic (exact) mass is 613 g/mol. The first-order valence-electron chi connectivity index (χ1n) is 12.9. The van der Waals surface area contributed by atoms with Crippen LogP contribution in [0, 0.1) is 5.92 Å². The highest BCUT2D eigenvalue weighted by Gasteiger charge is 2.29. The van der Waals surface area contributed by atoms with Gasteiger partial charge < -0.3 is 10.1 Å². The molecule has 0 unspecified atom stereocenters. The van der Waals surface area contributed by atoms with E-state index in [0.717, 1.165) is 20.5 Å². The van der Waals surface area contributed by atoms with Gasteiger partial charge in [0, 0.05) is 35.2 Å². The molecular weight excluding hydrogens is 578 g/mol. The molecule has 3 aromatic rings. The van der Waals surface area contributed by atoms with Crippen molar-refractivity contribution in [3.05, 3.63) is 68.6 Å². The van der Waals surface area contributed by atoms with Crippen molar-refractivity contribution in [1.82, 2.24) is 15.3 Å². The Bertz CT molecular complexity index is 1310. The van der Waals surface area contributed by atoms with Crippen molar-refractivity contribution in [1.29, 1.82) is 0 Å². The molecule has 0 spiro atoms. The highest BCUT2D eigenvalue weighted by molar-refractivity contribution is 9.10. The van der Waals surface area contributed by atoms with E-state index in [9.17, 15) is 14.4 Å². The van der Waals surface area contributed by atoms with Crippen LogP contribution in [0.2, 0.25) is 0 Å². The van der Waals surface area contributed by atoms with Gasteiger partial charge in [-0.2, -0.15) is 0 Å². The number of hydrogen-bond donors (Lipinski definition) is 1. The number of hydrogen-bond acceptors (Lipinski definition) is 7. The van der Waals surface area contributed by atoms with Crippen LogP contribution in [-0.4, -0.2) is 39.3 Å². The fourth-order valence-electron chi connectivity index (χ4n) is 3.79. The SMILES string of the molecule is C[C@@H](NC(=O)[C@@H](CC(=O)c1ccc(C(C)(C)C)s1)Cc1ccc(-c2ncc(Br)cn2)cc1)C(=O)OC(C)(C)C. The number of Topliss-reactive ketones (excluding diaryl/α,β-unsaturated/α-hetero) is 1. The molecule has 1 N–H and O–H groups in total. The second kappa shape index (κ2) is 12.5. The van der Waals surface area contributed by atoms with Crippen LogP contribution in [0.25, 0.3) is 11.4 Å². The number of nitrogens with zero attached hydrogens (tertiary/aromatic N) is 2. The number of carbonyl (C=O) groups excluding carboxylic acids is 3. The van der Waals surface area contributed by atoms with E-state index in [-0.39, 0.29) is 23.5 Å². The highest BCUT2D eigenvalue weighted by atomic mass is 79.9. The first-order chi connectivity index (χ1) is 18.1. The minimum absolute atomic E-state index is 0.0224. The zero-order chi connectivity index (χ0) is 29.0. The minimum Gasteiger partial charge on any atom is -0.458 e. The topological polar surface area (TPSA) is 98.3 Å². The molecule has 2 aromatic heterocycles. The molecule has 0 bridgehead atoms. The predicted molar refractivity (Wildman–Crippen MR) is 158 cm³/mol. The summed E-state index contributed by atoms with van der Waals surface area (Å²) in [6.07, 6.45) is 3.72. The van der Waals surface area contributed by atoms with E-state index in [1.165, 1.54) is 11.3 Å². The smallest absolute Gasteiger partial charge is 0.328 e. The van der Waals surface area contributed by atoms with Crippen LogP contribution in [0.5, 0.6) is 0 Å². The Morgan fingerprint density at radius 3 is 2.13 bits per heavy atom. The molecule has 1 aromatic carbocycles. The number of ether oxygens (including phenoxy) is 1. The van der Waals surface area contributed by atoms with Gasteiger partial charge in [-0.1, -0.05) is 45.0 Å². The molecule has 0 aliphatic rings. The molecule has 2 heterocycles. The largest absolute Gasteiger partial charge is 0.458 e. The number of ketones is 1. The third kappa shape index (κ3) is 9.07. The number of nitrogens with one attached hydrogen (secondary N) is 1. The van der Waals surface area contributed by atoms with Gasteiger partial charge in [0.15, 0.2) is 11.6 Å². The van der Waals surface area contributed by atoms with Crippen LogP contribution in [-0.2, 0) is 26.2 Å². The molecule has 1 amide bonds. The lowest BCUT2D eigenvalue weighted by Crippen LogP contribution is -2.45. The van der Waals surface area contributed by atoms with Crippen molar-refractivity contribution in [2.75, 3.05) is 0 Å². The number of thiophene rings is 1. The summed E-state index contributed by atoms with van der Waals surface area (Å²) in [5, 5.41) is 2.76. The third-order valence-electron chi connectivity index (χ3n) is 5.86. The van der Waals surface area contributed by atoms with Crippen molar-refractivity contribution < 1.29 is 19.1 Å². The summed E-state index contributed by atoms with van der Waals surface area (Å²) < 4.78 is 6.21. The third-order valence-corrected chi connectivity index (χ3v) is 7.82. The maximum Gasteiger partial charge on any atom is 0.328 e. The normalized spacial score (nSPS) is 13.4. The molecule has 208 valence electrons. The van der Waals surface area contributed by atoms with Crippen LogP contribution in [0.1, 0.15) is 75.0 Å². The molecule has 7 nitrogen and oxygen atoms in total. The molecule has 3 rings (SSSR count). The van der Waals surface area contributed by atoms with Crippen molar-refractivity contribution in [2.45, 2.75) is 78.4 Å². The standard InChI is InChI=1S/C30H36BrN3O4S/c1-18(28(37)38-30(5,6)7)34-27(36)21(15-23(35)24-12-13-25(39-24)29(2,3)4)14-19-8-10-20(11-9-19)26-32-16-22(31)17-33-26/h8-13,16-18,21H,14-15H2,1-7H3,(H,34,36)/t18-,21-/m1/s1. The number of halogens is 1. The molecule has 0 radical (unpaired) electrons. The summed E-state index contributed by atoms with van der Waals surface area (Å²) in [5.41, 5.74) is 0.990. The van der Waals surface area contributed by atoms with Crippen LogP contribution in [0.15, 0.2) is 53.3 Å². The Hall–Kier alpha value is -2.91. The summed E-state index contributed by atoms with van der Waals surface area (Å²) in [6.45, 7) is 13.2. The molecule has 2 atom stereocenters. The van der Waals surface area contributed by atoms with Gasteiger partial charge in [0.05, 0.1) is 9.35 Å². The molecule has 0 saturated heterocycles. The summed E-state index contributed by atoms with van der Waals surface area (Å²) >= 11 is 4.80. The molecule has 0 aliphatic heterocycles. The van der Waals surface area contributed by atoms with Crippen molar-refractivity contribution >= 4 is 44.9 Å². The van der Waals surface area contributed by atoms with E-state index in [2.05, 4.69) is 52.0 Å². The second-order valence-electron chi connectivity index (χ2n) is 11.6. The van der Waals surface area contributed by atoms with Gasteiger partial charge in [0.1, 0.15) is 11.6 Å². The lowest BCUT2D eigenvalue weighted by atomic mass is 9.92. The highest BCUT2D eigenvalue weighted by Crippen LogP contribution is 2.31. The number of esters is 1. The number of aromatic nitrogens is 2. The lowest BCUT2D eigenvalue weighted by molar-refractivity contribution is -0.158. The molecular formula is C30H36BrN3O4S. The Balaban J connectivity index is 1.80. The summed E-state index contributed by atoms with van der Waals surface area (Å²) in [7, 11) is 0. The van der Waals surface area contributed by atoms with Gasteiger partial charge in [-0.15, -0.1) is 11.3 Å². The van der Waals surface area contributed by atoms with E-state index in [1.54, 1.807) is 40.1 Å². The molecule has 9 heteroatoms. The number of benzene rings is 1. The average Bonchev–Trinajstić information content (AvgIpc) is 3.35. The summed E-state index contributed by atoms with van der Waals surface area (Å²) in [4.78, 5) is 49.5. The van der Waals surface area contributed by atoms with Crippen molar-refractivity contribution in [3.63, 3.8) is 0 Å². The quantitative estimate of drug-likeness (QED) is 0.217. The summed E-state index contributed by atoms with van der Waals surface area (Å²) in [5.74, 6) is -1.06. The average molecular weight is 615 g/mol. The second-order valence-corrected chi connectivity index (χ2v) is 13.6. The number of rotatable bonds is 9. The first-order valence-corrected chi connectivity index (χ1v) is 14.5. The van der Waals surface area contributed by atoms with Crippen LogP contribution >= 0.6 is 27.3 Å². The fraction of sp³-hybridized carbons (Fsp3) is 0.433. The van der Waals surface area contributed by atoms with Crippen molar-refractivity contribution in [3.8, 4) is 11.4 Å². The Morgan fingerprint density at radius 2 is 1.59 bits per heavy atom. The predicted octanol–water partition coefficient (Wildman–Crippen LogP) is 6.54. The van der Waals surface area contributed by atoms with Crippen LogP contribution in [0.4, 0.5) is 0 Å². The van der Waals surface area contributed by atoms with E-state index < -0.39 is 23.5 Å². The Morgan fingerprint density at radius 1 is 0.974 bits per heavy atom. The molecule has 0 aliphatic carbocycles. The van der Waals surface area contributed by atoms with Gasteiger partial charge in [-0.25, -0.2) is 14.8 Å².